The minimum atomic E-state index is -0.235. The van der Waals surface area contributed by atoms with Crippen LogP contribution in [0, 0.1) is 0 Å². The summed E-state index contributed by atoms with van der Waals surface area (Å²) < 4.78 is 0. The van der Waals surface area contributed by atoms with Crippen LogP contribution >= 0.6 is 0 Å². The molecule has 0 aliphatic carbocycles. The van der Waals surface area contributed by atoms with Gasteiger partial charge in [0.05, 0.1) is 0 Å². The Hall–Kier alpha value is -0.960. The second kappa shape index (κ2) is 2.37. The highest BCUT2D eigenvalue weighted by molar-refractivity contribution is 4.99. The lowest BCUT2D eigenvalue weighted by Gasteiger charge is -1.85. The molecule has 3 heteroatoms. The summed E-state index contributed by atoms with van der Waals surface area (Å²) in [5.74, 6) is 0. The number of aromatic nitrogens is 2. The molecule has 3 nitrogen and oxygen atoms in total. The predicted molar refractivity (Wildman–Crippen MR) is 26.4 cm³/mol. The molecule has 8 heavy (non-hydrogen) atoms. The first kappa shape index (κ1) is 5.18. The third-order valence-corrected chi connectivity index (χ3v) is 0.781. The minimum Gasteiger partial charge on any atom is -0.244 e. The van der Waals surface area contributed by atoms with Crippen molar-refractivity contribution in [1.82, 2.24) is 9.97 Å². The van der Waals surface area contributed by atoms with E-state index in [1.165, 1.54) is 18.7 Å². The molecule has 0 fully saturated rings. The molecular weight excluding hydrogens is 104 g/mol. The Morgan fingerprint density at radius 1 is 1.38 bits per heavy atom. The lowest BCUT2D eigenvalue weighted by atomic mass is 10.4. The predicted octanol–water partition coefficient (Wildman–Crippen LogP) is 0.407. The summed E-state index contributed by atoms with van der Waals surface area (Å²) in [5.41, 5.74) is 0.632. The molecule has 0 atom stereocenters. The fraction of sp³-hybridized carbons (Fsp3) is 0.200. The van der Waals surface area contributed by atoms with Crippen molar-refractivity contribution in [2.45, 2.75) is 6.61 Å². The Balaban J connectivity index is 2.83. The third-order valence-electron chi connectivity index (χ3n) is 0.781. The van der Waals surface area contributed by atoms with Crippen LogP contribution in [-0.2, 0) is 11.7 Å². The molecule has 41 valence electrons. The van der Waals surface area contributed by atoms with E-state index in [0.717, 1.165) is 0 Å². The van der Waals surface area contributed by atoms with Crippen molar-refractivity contribution >= 4 is 0 Å². The molecule has 0 spiro atoms. The van der Waals surface area contributed by atoms with Gasteiger partial charge in [0.15, 0.2) is 0 Å². The molecule has 0 aliphatic rings. The fourth-order valence-electron chi connectivity index (χ4n) is 0.405. The lowest BCUT2D eigenvalue weighted by molar-refractivity contribution is 0.177. The smallest absolute Gasteiger partial charge is 0.115 e. The minimum absolute atomic E-state index is 0.235. The van der Waals surface area contributed by atoms with Crippen molar-refractivity contribution in [3.8, 4) is 0 Å². The van der Waals surface area contributed by atoms with Crippen LogP contribution in [0.1, 0.15) is 5.56 Å². The second-order valence-corrected chi connectivity index (χ2v) is 1.39. The van der Waals surface area contributed by atoms with Gasteiger partial charge in [0.1, 0.15) is 12.9 Å². The number of rotatable bonds is 1. The van der Waals surface area contributed by atoms with E-state index in [9.17, 15) is 5.11 Å². The topological polar surface area (TPSA) is 45.7 Å². The molecule has 1 aromatic heterocycles. The van der Waals surface area contributed by atoms with Crippen LogP contribution in [0.4, 0.5) is 0 Å². The molecule has 0 amide bonds. The first-order valence-corrected chi connectivity index (χ1v) is 2.25. The highest BCUT2D eigenvalue weighted by Gasteiger charge is 1.85. The molecule has 1 radical (unpaired) electrons. The lowest BCUT2D eigenvalue weighted by Crippen LogP contribution is -1.83. The van der Waals surface area contributed by atoms with E-state index >= 15 is 0 Å². The summed E-state index contributed by atoms with van der Waals surface area (Å²) in [6, 6.07) is 0. The molecule has 0 saturated carbocycles. The van der Waals surface area contributed by atoms with Crippen LogP contribution in [0.3, 0.4) is 0 Å². The van der Waals surface area contributed by atoms with Crippen LogP contribution in [0.25, 0.3) is 0 Å². The number of nitrogens with zero attached hydrogens (tertiary/aromatic N) is 2. The van der Waals surface area contributed by atoms with Gasteiger partial charge in [-0.2, -0.15) is 0 Å². The molecule has 0 unspecified atom stereocenters. The van der Waals surface area contributed by atoms with Crippen LogP contribution in [-0.4, -0.2) is 9.97 Å². The summed E-state index contributed by atoms with van der Waals surface area (Å²) in [5, 5.41) is 10.1. The Kier molecular flexibility index (Phi) is 1.54. The normalized spacial score (nSPS) is 9.12. The molecule has 0 bridgehead atoms. The van der Waals surface area contributed by atoms with Gasteiger partial charge in [-0.05, 0) is 0 Å². The molecular formula is C5H5N2O. The van der Waals surface area contributed by atoms with E-state index in [4.69, 9.17) is 0 Å². The largest absolute Gasteiger partial charge is 0.244 e. The van der Waals surface area contributed by atoms with Gasteiger partial charge < -0.3 is 0 Å². The molecule has 0 aliphatic heterocycles. The summed E-state index contributed by atoms with van der Waals surface area (Å²) in [6.45, 7) is -0.235. The van der Waals surface area contributed by atoms with Gasteiger partial charge in [-0.1, -0.05) is 0 Å². The summed E-state index contributed by atoms with van der Waals surface area (Å²) in [6.07, 6.45) is 4.43. The maximum atomic E-state index is 10.1. The molecule has 1 rings (SSSR count). The molecule has 0 aromatic carbocycles. The maximum Gasteiger partial charge on any atom is 0.115 e. The molecule has 0 saturated heterocycles. The molecule has 0 N–H and O–H groups in total. The fourth-order valence-corrected chi connectivity index (χ4v) is 0.405. The van der Waals surface area contributed by atoms with E-state index in [2.05, 4.69) is 9.97 Å². The van der Waals surface area contributed by atoms with Crippen molar-refractivity contribution in [3.63, 3.8) is 0 Å². The monoisotopic (exact) mass is 109 g/mol. The van der Waals surface area contributed by atoms with E-state index in [0.29, 0.717) is 5.56 Å². The van der Waals surface area contributed by atoms with Crippen molar-refractivity contribution in [1.29, 1.82) is 0 Å². The van der Waals surface area contributed by atoms with Crippen molar-refractivity contribution in [3.05, 3.63) is 24.3 Å². The average molecular weight is 109 g/mol. The Morgan fingerprint density at radius 2 is 2.00 bits per heavy atom. The van der Waals surface area contributed by atoms with Gasteiger partial charge in [0, 0.05) is 18.0 Å². The summed E-state index contributed by atoms with van der Waals surface area (Å²) in [4.78, 5) is 7.29. The Labute approximate surface area is 47.0 Å². The Morgan fingerprint density at radius 3 is 2.38 bits per heavy atom. The van der Waals surface area contributed by atoms with Gasteiger partial charge in [-0.25, -0.2) is 15.1 Å². The van der Waals surface area contributed by atoms with Gasteiger partial charge >= 0.3 is 0 Å². The first-order chi connectivity index (χ1) is 3.93. The third kappa shape index (κ3) is 1.01. The van der Waals surface area contributed by atoms with Crippen molar-refractivity contribution in [2.24, 2.45) is 0 Å². The Bertz CT molecular complexity index is 152. The molecule has 1 aromatic rings. The van der Waals surface area contributed by atoms with Crippen molar-refractivity contribution in [2.75, 3.05) is 0 Å². The van der Waals surface area contributed by atoms with E-state index < -0.39 is 0 Å². The highest BCUT2D eigenvalue weighted by Crippen LogP contribution is 1.89. The van der Waals surface area contributed by atoms with Gasteiger partial charge in [0.25, 0.3) is 0 Å². The average Bonchev–Trinajstić information content (AvgIpc) is 1.90. The SMILES string of the molecule is [O]Cc1cncnc1. The summed E-state index contributed by atoms with van der Waals surface area (Å²) in [7, 11) is 0. The summed E-state index contributed by atoms with van der Waals surface area (Å²) >= 11 is 0. The van der Waals surface area contributed by atoms with Gasteiger partial charge in [0.2, 0.25) is 0 Å². The quantitative estimate of drug-likeness (QED) is 0.524. The first-order valence-electron chi connectivity index (χ1n) is 2.25. The van der Waals surface area contributed by atoms with E-state index in [1.807, 2.05) is 0 Å². The zero-order chi connectivity index (χ0) is 5.82. The van der Waals surface area contributed by atoms with Crippen LogP contribution in [0.2, 0.25) is 0 Å². The maximum absolute atomic E-state index is 10.1. The van der Waals surface area contributed by atoms with Gasteiger partial charge in [-0.15, -0.1) is 0 Å². The number of hydrogen-bond acceptors (Lipinski definition) is 2. The van der Waals surface area contributed by atoms with Gasteiger partial charge in [-0.3, -0.25) is 0 Å². The van der Waals surface area contributed by atoms with Crippen LogP contribution in [0.5, 0.6) is 0 Å². The molecule has 1 heterocycles. The second-order valence-electron chi connectivity index (χ2n) is 1.39. The number of hydrogen-bond donors (Lipinski definition) is 0. The van der Waals surface area contributed by atoms with Crippen LogP contribution in [0.15, 0.2) is 18.7 Å². The standard InChI is InChI=1S/C5H5N2O/c8-3-5-1-6-4-7-2-5/h1-2,4H,3H2. The van der Waals surface area contributed by atoms with E-state index in [1.54, 1.807) is 0 Å². The zero-order valence-corrected chi connectivity index (χ0v) is 4.24. The van der Waals surface area contributed by atoms with Crippen LogP contribution < -0.4 is 0 Å². The van der Waals surface area contributed by atoms with E-state index in [-0.39, 0.29) is 6.61 Å². The zero-order valence-electron chi connectivity index (χ0n) is 4.24. The highest BCUT2D eigenvalue weighted by atomic mass is 16.3. The van der Waals surface area contributed by atoms with Crippen molar-refractivity contribution < 1.29 is 5.11 Å².